The Kier molecular flexibility index (Phi) is 5.51. The van der Waals surface area contributed by atoms with Crippen LogP contribution in [-0.2, 0) is 16.1 Å². The van der Waals surface area contributed by atoms with Crippen LogP contribution in [-0.4, -0.2) is 68.8 Å². The molecule has 4 heterocycles. The van der Waals surface area contributed by atoms with Crippen molar-refractivity contribution in [1.29, 1.82) is 0 Å². The van der Waals surface area contributed by atoms with E-state index in [-0.39, 0.29) is 5.70 Å². The Morgan fingerprint density at radius 1 is 1.09 bits per heavy atom. The lowest BCUT2D eigenvalue weighted by atomic mass is 10.2. The molecule has 0 spiro atoms. The fourth-order valence-corrected chi connectivity index (χ4v) is 4.03. The number of benzene rings is 1. The second-order valence-electron chi connectivity index (χ2n) is 8.80. The molecule has 3 aliphatic rings. The van der Waals surface area contributed by atoms with Crippen molar-refractivity contribution in [2.45, 2.75) is 25.4 Å². The highest BCUT2D eigenvalue weighted by molar-refractivity contribution is 6.14. The van der Waals surface area contributed by atoms with E-state index < -0.39 is 11.9 Å². The topological polar surface area (TPSA) is 138 Å². The molecule has 6 rings (SSSR count). The first-order valence-electron chi connectivity index (χ1n) is 11.6. The molecule has 2 aromatic heterocycles. The third-order valence-electron chi connectivity index (χ3n) is 6.05. The lowest BCUT2D eigenvalue weighted by Crippen LogP contribution is -2.35. The quantitative estimate of drug-likeness (QED) is 0.295. The molecule has 1 saturated carbocycles. The summed E-state index contributed by atoms with van der Waals surface area (Å²) in [7, 11) is 0. The van der Waals surface area contributed by atoms with Gasteiger partial charge in [0.2, 0.25) is 11.9 Å². The van der Waals surface area contributed by atoms with Gasteiger partial charge < -0.3 is 20.7 Å². The van der Waals surface area contributed by atoms with Crippen molar-refractivity contribution in [2.75, 3.05) is 36.9 Å². The van der Waals surface area contributed by atoms with Crippen LogP contribution in [0.2, 0.25) is 0 Å². The highest BCUT2D eigenvalue weighted by atomic mass is 16.5. The number of ether oxygens (including phenoxy) is 1. The summed E-state index contributed by atoms with van der Waals surface area (Å²) < 4.78 is 7.03. The number of nitrogens with one attached hydrogen (secondary N) is 4. The van der Waals surface area contributed by atoms with Crippen LogP contribution >= 0.6 is 0 Å². The molecule has 3 aromatic rings. The third kappa shape index (κ3) is 4.79. The number of nitrogens with zero attached hydrogens (tertiary/aromatic N) is 5. The van der Waals surface area contributed by atoms with E-state index in [0.29, 0.717) is 29.1 Å². The van der Waals surface area contributed by atoms with Gasteiger partial charge in [0.15, 0.2) is 5.65 Å². The van der Waals surface area contributed by atoms with Crippen molar-refractivity contribution in [1.82, 2.24) is 35.1 Å². The Morgan fingerprint density at radius 3 is 2.60 bits per heavy atom. The fraction of sp³-hybridized carbons (Fsp3) is 0.348. The van der Waals surface area contributed by atoms with Gasteiger partial charge in [0.1, 0.15) is 5.70 Å². The van der Waals surface area contributed by atoms with E-state index in [1.807, 2.05) is 12.1 Å². The van der Waals surface area contributed by atoms with Crippen molar-refractivity contribution < 1.29 is 14.3 Å². The first-order chi connectivity index (χ1) is 17.1. The van der Waals surface area contributed by atoms with Gasteiger partial charge in [-0.2, -0.15) is 19.6 Å². The van der Waals surface area contributed by atoms with Gasteiger partial charge >= 0.3 is 6.03 Å². The minimum Gasteiger partial charge on any atom is -0.379 e. The highest BCUT2D eigenvalue weighted by Gasteiger charge is 2.26. The Hall–Kier alpha value is -4.03. The van der Waals surface area contributed by atoms with E-state index in [0.717, 1.165) is 51.4 Å². The summed E-state index contributed by atoms with van der Waals surface area (Å²) in [5.41, 5.74) is 3.33. The molecule has 1 aliphatic carbocycles. The zero-order chi connectivity index (χ0) is 23.8. The zero-order valence-electron chi connectivity index (χ0n) is 19.0. The van der Waals surface area contributed by atoms with Gasteiger partial charge in [0.25, 0.3) is 5.91 Å². The molecule has 4 N–H and O–H groups in total. The number of hydrogen-bond donors (Lipinski definition) is 4. The Morgan fingerprint density at radius 2 is 1.89 bits per heavy atom. The number of anilines is 3. The summed E-state index contributed by atoms with van der Waals surface area (Å²) in [5.74, 6) is 0.477. The molecular weight excluding hydrogens is 450 g/mol. The maximum atomic E-state index is 12.0. The minimum atomic E-state index is -0.553. The smallest absolute Gasteiger partial charge is 0.326 e. The van der Waals surface area contributed by atoms with Crippen LogP contribution < -0.4 is 21.3 Å². The van der Waals surface area contributed by atoms with Crippen LogP contribution in [0.1, 0.15) is 24.0 Å². The number of amides is 3. The number of urea groups is 1. The Labute approximate surface area is 200 Å². The van der Waals surface area contributed by atoms with Crippen LogP contribution in [0.5, 0.6) is 0 Å². The molecule has 2 aliphatic heterocycles. The number of carbonyl (C=O) groups is 2. The molecule has 3 amide bonds. The van der Waals surface area contributed by atoms with E-state index >= 15 is 0 Å². The van der Waals surface area contributed by atoms with Crippen molar-refractivity contribution in [2.24, 2.45) is 0 Å². The van der Waals surface area contributed by atoms with Gasteiger partial charge in [0.05, 0.1) is 19.4 Å². The predicted octanol–water partition coefficient (Wildman–Crippen LogP) is 1.45. The number of fused-ring (bicyclic) bond motifs is 1. The van der Waals surface area contributed by atoms with Gasteiger partial charge in [-0.05, 0) is 36.6 Å². The zero-order valence-corrected chi connectivity index (χ0v) is 19.0. The average Bonchev–Trinajstić information content (AvgIpc) is 3.49. The molecule has 180 valence electrons. The summed E-state index contributed by atoms with van der Waals surface area (Å²) in [5, 5.41) is 15.8. The molecule has 0 radical (unpaired) electrons. The minimum absolute atomic E-state index is 0.144. The Bertz CT molecular complexity index is 1310. The van der Waals surface area contributed by atoms with Gasteiger partial charge in [-0.3, -0.25) is 15.0 Å². The van der Waals surface area contributed by atoms with E-state index in [1.54, 1.807) is 16.8 Å². The SMILES string of the molecule is O=C1NC(=O)/C(=C/c2cnn3c(NC4CC4)nc(Nc4ccc(CN5CCOCC5)cc4)nc23)N1. The van der Waals surface area contributed by atoms with E-state index in [4.69, 9.17) is 4.74 Å². The second-order valence-corrected chi connectivity index (χ2v) is 8.80. The van der Waals surface area contributed by atoms with E-state index in [2.05, 4.69) is 53.4 Å². The summed E-state index contributed by atoms with van der Waals surface area (Å²) >= 11 is 0. The largest absolute Gasteiger partial charge is 0.379 e. The van der Waals surface area contributed by atoms with Crippen molar-refractivity contribution >= 4 is 41.2 Å². The maximum absolute atomic E-state index is 12.0. The molecular formula is C23H25N9O3. The third-order valence-corrected chi connectivity index (χ3v) is 6.05. The van der Waals surface area contributed by atoms with E-state index in [9.17, 15) is 9.59 Å². The number of aromatic nitrogens is 4. The van der Waals surface area contributed by atoms with Crippen molar-refractivity contribution in [3.8, 4) is 0 Å². The summed E-state index contributed by atoms with van der Waals surface area (Å²) in [6, 6.07) is 8.00. The summed E-state index contributed by atoms with van der Waals surface area (Å²) in [6.45, 7) is 4.33. The molecule has 35 heavy (non-hydrogen) atoms. The van der Waals surface area contributed by atoms with Gasteiger partial charge in [0, 0.05) is 36.9 Å². The Balaban J connectivity index is 1.27. The number of imide groups is 1. The molecule has 12 heteroatoms. The molecule has 3 fully saturated rings. The normalized spacial score (nSPS) is 19.7. The van der Waals surface area contributed by atoms with Crippen LogP contribution in [0.25, 0.3) is 11.7 Å². The fourth-order valence-electron chi connectivity index (χ4n) is 4.03. The molecule has 12 nitrogen and oxygen atoms in total. The number of hydrogen-bond acceptors (Lipinski definition) is 9. The van der Waals surface area contributed by atoms with Crippen molar-refractivity contribution in [3.05, 3.63) is 47.3 Å². The maximum Gasteiger partial charge on any atom is 0.326 e. The number of morpholine rings is 1. The van der Waals surface area contributed by atoms with Crippen LogP contribution in [0.4, 0.5) is 22.4 Å². The van der Waals surface area contributed by atoms with Crippen LogP contribution in [0, 0.1) is 0 Å². The average molecular weight is 476 g/mol. The van der Waals surface area contributed by atoms with Crippen molar-refractivity contribution in [3.63, 3.8) is 0 Å². The monoisotopic (exact) mass is 475 g/mol. The second kappa shape index (κ2) is 8.96. The lowest BCUT2D eigenvalue weighted by molar-refractivity contribution is -0.115. The standard InChI is InChI=1S/C23H25N9O3/c33-20-18(27-23(34)29-20)11-15-12-24-32-19(15)28-21(30-22(32)26-17-5-6-17)25-16-3-1-14(2-4-16)13-31-7-9-35-10-8-31/h1-4,11-12,17H,5-10,13H2,(H2,25,26,28,30)(H2,27,29,33,34)/b18-11-. The number of carbonyl (C=O) groups excluding carboxylic acids is 2. The number of rotatable bonds is 7. The van der Waals surface area contributed by atoms with E-state index in [1.165, 1.54) is 5.56 Å². The molecule has 0 bridgehead atoms. The molecule has 0 unspecified atom stereocenters. The first kappa shape index (κ1) is 21.5. The highest BCUT2D eigenvalue weighted by Crippen LogP contribution is 2.26. The lowest BCUT2D eigenvalue weighted by Gasteiger charge is -2.26. The van der Waals surface area contributed by atoms with Crippen LogP contribution in [0.15, 0.2) is 36.2 Å². The molecule has 1 aromatic carbocycles. The molecule has 2 saturated heterocycles. The summed E-state index contributed by atoms with van der Waals surface area (Å²) in [4.78, 5) is 35.1. The van der Waals surface area contributed by atoms with Gasteiger partial charge in [-0.25, -0.2) is 4.79 Å². The van der Waals surface area contributed by atoms with Gasteiger partial charge in [-0.15, -0.1) is 0 Å². The molecule has 0 atom stereocenters. The predicted molar refractivity (Wildman–Crippen MR) is 128 cm³/mol. The van der Waals surface area contributed by atoms with Gasteiger partial charge in [-0.1, -0.05) is 12.1 Å². The first-order valence-corrected chi connectivity index (χ1v) is 11.6. The summed E-state index contributed by atoms with van der Waals surface area (Å²) in [6.07, 6.45) is 5.30. The van der Waals surface area contributed by atoms with Crippen LogP contribution in [0.3, 0.4) is 0 Å².